The average molecular weight is 364 g/mol. The predicted octanol–water partition coefficient (Wildman–Crippen LogP) is 2.06. The van der Waals surface area contributed by atoms with Crippen LogP contribution in [0, 0.1) is 0 Å². The number of anilines is 1. The summed E-state index contributed by atoms with van der Waals surface area (Å²) >= 11 is 0. The fourth-order valence-corrected chi connectivity index (χ4v) is 2.51. The van der Waals surface area contributed by atoms with Gasteiger partial charge in [0.1, 0.15) is 5.60 Å². The van der Waals surface area contributed by atoms with E-state index in [1.165, 1.54) is 15.5 Å². The molecule has 0 saturated carbocycles. The Labute approximate surface area is 155 Å². The smallest absolute Gasteiger partial charge is 0.443 e. The Hall–Kier alpha value is -1.80. The molecule has 0 spiro atoms. The first-order valence-corrected chi connectivity index (χ1v) is 8.67. The number of pyridine rings is 1. The van der Waals surface area contributed by atoms with Gasteiger partial charge < -0.3 is 18.6 Å². The highest BCUT2D eigenvalue weighted by Gasteiger charge is 2.52. The second-order valence-electron chi connectivity index (χ2n) is 8.69. The first kappa shape index (κ1) is 20.5. The van der Waals surface area contributed by atoms with Gasteiger partial charge in [0, 0.05) is 31.8 Å². The minimum absolute atomic E-state index is 0.240. The number of hydrogen-bond acceptors (Lipinski definition) is 5. The number of hydrogen-bond donors (Lipinski definition) is 0. The van der Waals surface area contributed by atoms with Crippen LogP contribution < -0.4 is 15.9 Å². The Bertz CT molecular complexity index is 748. The van der Waals surface area contributed by atoms with Crippen molar-refractivity contribution in [3.63, 3.8) is 0 Å². The quantitative estimate of drug-likeness (QED) is 0.752. The number of nitrogens with zero attached hydrogens (tertiary/aromatic N) is 2. The first-order chi connectivity index (χ1) is 11.6. The summed E-state index contributed by atoms with van der Waals surface area (Å²) in [4.78, 5) is 26.0. The summed E-state index contributed by atoms with van der Waals surface area (Å²) in [6, 6.07) is 1.39. The topological polar surface area (TPSA) is 70.0 Å². The molecule has 1 aliphatic rings. The van der Waals surface area contributed by atoms with Crippen molar-refractivity contribution in [3.05, 3.63) is 22.6 Å². The maximum absolute atomic E-state index is 12.5. The summed E-state index contributed by atoms with van der Waals surface area (Å²) in [6.45, 7) is 13.2. The second kappa shape index (κ2) is 6.42. The van der Waals surface area contributed by atoms with E-state index in [9.17, 15) is 9.59 Å². The van der Waals surface area contributed by atoms with Crippen LogP contribution in [-0.2, 0) is 21.1 Å². The van der Waals surface area contributed by atoms with Crippen molar-refractivity contribution in [2.24, 2.45) is 7.05 Å². The van der Waals surface area contributed by atoms with Crippen molar-refractivity contribution >= 4 is 24.4 Å². The zero-order valence-electron chi connectivity index (χ0n) is 17.2. The van der Waals surface area contributed by atoms with Crippen molar-refractivity contribution in [2.45, 2.75) is 65.3 Å². The molecule has 8 heteroatoms. The highest BCUT2D eigenvalue weighted by atomic mass is 16.7. The molecule has 7 nitrogen and oxygen atoms in total. The lowest BCUT2D eigenvalue weighted by atomic mass is 9.78. The molecule has 2 heterocycles. The first-order valence-electron chi connectivity index (χ1n) is 8.67. The number of carbonyl (C=O) groups excluding carboxylic acids is 1. The number of aryl methyl sites for hydroxylation is 1. The van der Waals surface area contributed by atoms with Gasteiger partial charge in [0.05, 0.1) is 16.9 Å². The minimum atomic E-state index is -0.702. The molecule has 0 bridgehead atoms. The summed E-state index contributed by atoms with van der Waals surface area (Å²) in [7, 11) is 2.51. The van der Waals surface area contributed by atoms with Crippen LogP contribution in [0.3, 0.4) is 0 Å². The van der Waals surface area contributed by atoms with Gasteiger partial charge in [-0.2, -0.15) is 0 Å². The van der Waals surface area contributed by atoms with E-state index in [-0.39, 0.29) is 5.56 Å². The van der Waals surface area contributed by atoms with Gasteiger partial charge in [-0.05, 0) is 48.5 Å². The highest BCUT2D eigenvalue weighted by molar-refractivity contribution is 6.64. The number of carbonyl (C=O) groups is 1. The van der Waals surface area contributed by atoms with Gasteiger partial charge in [0.25, 0.3) is 5.56 Å². The molecule has 0 aliphatic carbocycles. The van der Waals surface area contributed by atoms with E-state index >= 15 is 0 Å². The van der Waals surface area contributed by atoms with Crippen LogP contribution in [0.25, 0.3) is 0 Å². The Morgan fingerprint density at radius 3 is 2.15 bits per heavy atom. The molecule has 1 amide bonds. The van der Waals surface area contributed by atoms with Crippen LogP contribution in [0.15, 0.2) is 17.1 Å². The average Bonchev–Trinajstić information content (AvgIpc) is 2.67. The summed E-state index contributed by atoms with van der Waals surface area (Å²) in [5.74, 6) is 0. The summed E-state index contributed by atoms with van der Waals surface area (Å²) in [5.41, 5.74) is -0.951. The maximum Gasteiger partial charge on any atom is 0.498 e. The lowest BCUT2D eigenvalue weighted by Crippen LogP contribution is -2.44. The third-order valence-corrected chi connectivity index (χ3v) is 4.77. The fraction of sp³-hybridized carbons (Fsp3) is 0.667. The van der Waals surface area contributed by atoms with Crippen LogP contribution in [0.5, 0.6) is 0 Å². The van der Waals surface area contributed by atoms with Crippen LogP contribution >= 0.6 is 0 Å². The minimum Gasteiger partial charge on any atom is -0.443 e. The molecule has 144 valence electrons. The number of ether oxygens (including phenoxy) is 1. The van der Waals surface area contributed by atoms with E-state index in [0.717, 1.165) is 0 Å². The predicted molar refractivity (Wildman–Crippen MR) is 102 cm³/mol. The van der Waals surface area contributed by atoms with Gasteiger partial charge in [-0.3, -0.25) is 9.69 Å². The van der Waals surface area contributed by atoms with Crippen molar-refractivity contribution in [2.75, 3.05) is 11.9 Å². The summed E-state index contributed by atoms with van der Waals surface area (Å²) < 4.78 is 19.1. The molecule has 26 heavy (non-hydrogen) atoms. The largest absolute Gasteiger partial charge is 0.498 e. The molecule has 1 fully saturated rings. The number of rotatable bonds is 2. The molecule has 1 aromatic rings. The molecule has 0 N–H and O–H groups in total. The second-order valence-corrected chi connectivity index (χ2v) is 8.69. The molecule has 0 radical (unpaired) electrons. The molecule has 0 aromatic carbocycles. The fourth-order valence-electron chi connectivity index (χ4n) is 2.51. The molecule has 1 saturated heterocycles. The highest BCUT2D eigenvalue weighted by Crippen LogP contribution is 2.37. The van der Waals surface area contributed by atoms with Crippen LogP contribution in [-0.4, -0.2) is 41.6 Å². The van der Waals surface area contributed by atoms with Crippen LogP contribution in [0.4, 0.5) is 10.5 Å². The lowest BCUT2D eigenvalue weighted by molar-refractivity contribution is 0.00578. The zero-order valence-corrected chi connectivity index (χ0v) is 17.2. The Balaban J connectivity index is 2.47. The maximum atomic E-state index is 12.5. The van der Waals surface area contributed by atoms with E-state index < -0.39 is 30.0 Å². The Kier molecular flexibility index (Phi) is 5.07. The summed E-state index contributed by atoms with van der Waals surface area (Å²) in [6.07, 6.45) is 1.09. The van der Waals surface area contributed by atoms with E-state index in [0.29, 0.717) is 11.2 Å². The van der Waals surface area contributed by atoms with Crippen molar-refractivity contribution in [1.82, 2.24) is 4.57 Å². The zero-order chi connectivity index (χ0) is 20.1. The molecule has 0 unspecified atom stereocenters. The van der Waals surface area contributed by atoms with Gasteiger partial charge in [0.15, 0.2) is 0 Å². The SMILES string of the molecule is CN(C(=O)OC(C)(C)C)c1cc(=O)n(C)cc1B1OC(C)(C)C(C)(C)O1. The van der Waals surface area contributed by atoms with Gasteiger partial charge in [0.2, 0.25) is 0 Å². The monoisotopic (exact) mass is 364 g/mol. The van der Waals surface area contributed by atoms with Gasteiger partial charge in [-0.15, -0.1) is 0 Å². The van der Waals surface area contributed by atoms with Crippen molar-refractivity contribution < 1.29 is 18.8 Å². The third-order valence-electron chi connectivity index (χ3n) is 4.77. The standard InChI is InChI=1S/C18H29BN2O5/c1-16(2,3)24-15(23)21(9)13-10-14(22)20(8)11-12(13)19-25-17(4,5)18(6,7)26-19/h10-11H,1-9H3. The molecular formula is C18H29BN2O5. The van der Waals surface area contributed by atoms with Gasteiger partial charge in [-0.25, -0.2) is 4.79 Å². The molecule has 2 rings (SSSR count). The molecule has 1 aromatic heterocycles. The van der Waals surface area contributed by atoms with Crippen LogP contribution in [0.1, 0.15) is 48.5 Å². The van der Waals surface area contributed by atoms with E-state index in [2.05, 4.69) is 0 Å². The molecule has 1 aliphatic heterocycles. The van der Waals surface area contributed by atoms with E-state index in [4.69, 9.17) is 14.0 Å². The summed E-state index contributed by atoms with van der Waals surface area (Å²) in [5, 5.41) is 0. The van der Waals surface area contributed by atoms with E-state index in [1.54, 1.807) is 41.1 Å². The van der Waals surface area contributed by atoms with Gasteiger partial charge in [-0.1, -0.05) is 0 Å². The van der Waals surface area contributed by atoms with Gasteiger partial charge >= 0.3 is 13.2 Å². The Morgan fingerprint density at radius 2 is 1.69 bits per heavy atom. The van der Waals surface area contributed by atoms with Crippen molar-refractivity contribution in [3.8, 4) is 0 Å². The number of aromatic nitrogens is 1. The van der Waals surface area contributed by atoms with Crippen LogP contribution in [0.2, 0.25) is 0 Å². The van der Waals surface area contributed by atoms with E-state index in [1.807, 2.05) is 27.7 Å². The van der Waals surface area contributed by atoms with Crippen molar-refractivity contribution in [1.29, 1.82) is 0 Å². The number of amides is 1. The molecule has 0 atom stereocenters. The third kappa shape index (κ3) is 3.96. The molecular weight excluding hydrogens is 335 g/mol. The normalized spacial score (nSPS) is 18.7. The Morgan fingerprint density at radius 1 is 1.19 bits per heavy atom. The lowest BCUT2D eigenvalue weighted by Gasteiger charge is -2.32.